The van der Waals surface area contributed by atoms with Gasteiger partial charge < -0.3 is 15.9 Å². The van der Waals surface area contributed by atoms with E-state index in [0.717, 1.165) is 38.1 Å². The number of rotatable bonds is 4. The lowest BCUT2D eigenvalue weighted by molar-refractivity contribution is -0.0927. The Hall–Kier alpha value is -2.03. The van der Waals surface area contributed by atoms with Crippen LogP contribution in [0.15, 0.2) is 24.3 Å². The first-order chi connectivity index (χ1) is 11.0. The molecule has 0 spiro atoms. The average molecular weight is 344 g/mol. The molecule has 0 saturated carbocycles. The molecule has 0 fully saturated rings. The van der Waals surface area contributed by atoms with Crippen LogP contribution < -0.4 is 5.73 Å². The van der Waals surface area contributed by atoms with Gasteiger partial charge in [0.05, 0.1) is 17.7 Å². The highest BCUT2D eigenvalue weighted by Gasteiger charge is 2.39. The number of halogens is 4. The number of aromatic nitrogens is 1. The summed E-state index contributed by atoms with van der Waals surface area (Å²) in [4.78, 5) is 3.50. The molecule has 24 heavy (non-hydrogen) atoms. The standard InChI is InChI=1S/C16H16F4N2O2/c1-15(2,23)10-11(18)13(8-3-5-9(17)6-4-8)22-14(12(10)19)16(20,24)7-21/h3-6,23-24H,7,21H2,1-2H3/t16-/m0/s1. The van der Waals surface area contributed by atoms with Crippen molar-refractivity contribution in [2.75, 3.05) is 6.54 Å². The first-order valence-corrected chi connectivity index (χ1v) is 6.98. The minimum atomic E-state index is -3.37. The molecule has 130 valence electrons. The van der Waals surface area contributed by atoms with Gasteiger partial charge in [-0.3, -0.25) is 0 Å². The third-order valence-electron chi connectivity index (χ3n) is 3.44. The van der Waals surface area contributed by atoms with Crippen LogP contribution in [-0.4, -0.2) is 21.7 Å². The number of alkyl halides is 1. The van der Waals surface area contributed by atoms with Crippen molar-refractivity contribution >= 4 is 0 Å². The molecule has 0 aliphatic rings. The molecule has 4 N–H and O–H groups in total. The van der Waals surface area contributed by atoms with E-state index in [1.165, 1.54) is 0 Å². The summed E-state index contributed by atoms with van der Waals surface area (Å²) in [6.07, 6.45) is 0. The van der Waals surface area contributed by atoms with Crippen LogP contribution in [0.5, 0.6) is 0 Å². The molecular weight excluding hydrogens is 328 g/mol. The minimum absolute atomic E-state index is 0.00784. The minimum Gasteiger partial charge on any atom is -0.386 e. The molecule has 0 radical (unpaired) electrons. The van der Waals surface area contributed by atoms with Crippen molar-refractivity contribution < 1.29 is 27.8 Å². The number of aliphatic hydroxyl groups is 2. The van der Waals surface area contributed by atoms with Crippen molar-refractivity contribution in [3.05, 3.63) is 53.0 Å². The molecule has 1 aromatic heterocycles. The van der Waals surface area contributed by atoms with Crippen LogP contribution in [0.2, 0.25) is 0 Å². The molecule has 0 aliphatic heterocycles. The molecule has 8 heteroatoms. The summed E-state index contributed by atoms with van der Waals surface area (Å²) in [6.45, 7) is 1.15. The summed E-state index contributed by atoms with van der Waals surface area (Å²) in [5.74, 6) is -6.76. The number of benzene rings is 1. The molecule has 2 aromatic rings. The fourth-order valence-corrected chi connectivity index (χ4v) is 2.23. The average Bonchev–Trinajstić information content (AvgIpc) is 2.47. The van der Waals surface area contributed by atoms with Crippen LogP contribution in [0.3, 0.4) is 0 Å². The predicted octanol–water partition coefficient (Wildman–Crippen LogP) is 2.47. The first-order valence-electron chi connectivity index (χ1n) is 6.98. The van der Waals surface area contributed by atoms with Gasteiger partial charge in [-0.25, -0.2) is 22.5 Å². The van der Waals surface area contributed by atoms with Gasteiger partial charge in [0.15, 0.2) is 11.6 Å². The predicted molar refractivity (Wildman–Crippen MR) is 78.9 cm³/mol. The molecule has 1 aromatic carbocycles. The molecule has 1 atom stereocenters. The van der Waals surface area contributed by atoms with Gasteiger partial charge in [0.1, 0.15) is 17.2 Å². The van der Waals surface area contributed by atoms with Crippen molar-refractivity contribution in [1.82, 2.24) is 4.98 Å². The largest absolute Gasteiger partial charge is 0.386 e. The van der Waals surface area contributed by atoms with Gasteiger partial charge in [-0.2, -0.15) is 0 Å². The van der Waals surface area contributed by atoms with E-state index >= 15 is 0 Å². The van der Waals surface area contributed by atoms with E-state index in [0.29, 0.717) is 0 Å². The Labute approximate surface area is 135 Å². The Kier molecular flexibility index (Phi) is 4.67. The van der Waals surface area contributed by atoms with Gasteiger partial charge in [-0.1, -0.05) is 0 Å². The Balaban J connectivity index is 2.85. The van der Waals surface area contributed by atoms with Gasteiger partial charge in [0.25, 0.3) is 5.85 Å². The number of nitrogens with zero attached hydrogens (tertiary/aromatic N) is 1. The van der Waals surface area contributed by atoms with E-state index in [1.54, 1.807) is 0 Å². The van der Waals surface area contributed by atoms with Gasteiger partial charge >= 0.3 is 0 Å². The molecule has 1 heterocycles. The topological polar surface area (TPSA) is 79.4 Å². The second-order valence-electron chi connectivity index (χ2n) is 5.84. The highest BCUT2D eigenvalue weighted by Crippen LogP contribution is 2.36. The van der Waals surface area contributed by atoms with Gasteiger partial charge in [-0.05, 0) is 38.1 Å². The molecule has 4 nitrogen and oxygen atoms in total. The Morgan fingerprint density at radius 2 is 1.58 bits per heavy atom. The van der Waals surface area contributed by atoms with Crippen LogP contribution in [0.25, 0.3) is 11.3 Å². The van der Waals surface area contributed by atoms with Gasteiger partial charge in [0.2, 0.25) is 0 Å². The quantitative estimate of drug-likeness (QED) is 0.745. The second-order valence-corrected chi connectivity index (χ2v) is 5.84. The van der Waals surface area contributed by atoms with Crippen molar-refractivity contribution in [2.24, 2.45) is 5.73 Å². The number of hydrogen-bond donors (Lipinski definition) is 3. The third-order valence-corrected chi connectivity index (χ3v) is 3.44. The second kappa shape index (κ2) is 6.12. The van der Waals surface area contributed by atoms with Gasteiger partial charge in [0, 0.05) is 5.56 Å². The van der Waals surface area contributed by atoms with Crippen LogP contribution in [0, 0.1) is 17.5 Å². The number of nitrogens with two attached hydrogens (primary N) is 1. The van der Waals surface area contributed by atoms with E-state index in [2.05, 4.69) is 4.98 Å². The van der Waals surface area contributed by atoms with Crippen molar-refractivity contribution in [2.45, 2.75) is 25.3 Å². The summed E-state index contributed by atoms with van der Waals surface area (Å²) in [7, 11) is 0. The van der Waals surface area contributed by atoms with Crippen molar-refractivity contribution in [1.29, 1.82) is 0 Å². The summed E-state index contributed by atoms with van der Waals surface area (Å²) < 4.78 is 56.4. The summed E-state index contributed by atoms with van der Waals surface area (Å²) >= 11 is 0. The molecule has 0 amide bonds. The lowest BCUT2D eigenvalue weighted by atomic mass is 9.93. The third kappa shape index (κ3) is 3.26. The maximum Gasteiger partial charge on any atom is 0.265 e. The molecule has 0 saturated heterocycles. The molecular formula is C16H16F4N2O2. The van der Waals surface area contributed by atoms with Crippen molar-refractivity contribution in [3.63, 3.8) is 0 Å². The SMILES string of the molecule is CC(C)(O)c1c(F)c(-c2ccc(F)cc2)nc([C@](O)(F)CN)c1F. The Morgan fingerprint density at radius 3 is 2.04 bits per heavy atom. The van der Waals surface area contributed by atoms with Crippen LogP contribution >= 0.6 is 0 Å². The fraction of sp³-hybridized carbons (Fsp3) is 0.312. The highest BCUT2D eigenvalue weighted by molar-refractivity contribution is 5.62. The van der Waals surface area contributed by atoms with Crippen molar-refractivity contribution in [3.8, 4) is 11.3 Å². The zero-order valence-corrected chi connectivity index (χ0v) is 12.9. The van der Waals surface area contributed by atoms with E-state index in [-0.39, 0.29) is 5.56 Å². The molecule has 0 bridgehead atoms. The van der Waals surface area contributed by atoms with Crippen LogP contribution in [0.1, 0.15) is 25.1 Å². The van der Waals surface area contributed by atoms with Crippen LogP contribution in [0.4, 0.5) is 17.6 Å². The maximum atomic E-state index is 14.7. The Bertz CT molecular complexity index is 756. The number of pyridine rings is 1. The lowest BCUT2D eigenvalue weighted by Gasteiger charge is -2.25. The summed E-state index contributed by atoms with van der Waals surface area (Å²) in [6, 6.07) is 4.31. The Morgan fingerprint density at radius 1 is 1.04 bits per heavy atom. The van der Waals surface area contributed by atoms with E-state index in [1.807, 2.05) is 0 Å². The zero-order chi connectivity index (χ0) is 18.3. The van der Waals surface area contributed by atoms with E-state index < -0.39 is 52.4 Å². The highest BCUT2D eigenvalue weighted by atomic mass is 19.2. The normalized spacial score (nSPS) is 14.5. The maximum absolute atomic E-state index is 14.7. The molecule has 0 unspecified atom stereocenters. The molecule has 0 aliphatic carbocycles. The monoisotopic (exact) mass is 344 g/mol. The van der Waals surface area contributed by atoms with E-state index in [4.69, 9.17) is 5.73 Å². The molecule has 2 rings (SSSR count). The first kappa shape index (κ1) is 18.3. The van der Waals surface area contributed by atoms with Gasteiger partial charge in [-0.15, -0.1) is 0 Å². The lowest BCUT2D eigenvalue weighted by Crippen LogP contribution is -2.34. The summed E-state index contributed by atoms with van der Waals surface area (Å²) in [5.41, 5.74) is 0.470. The van der Waals surface area contributed by atoms with Crippen LogP contribution in [-0.2, 0) is 11.5 Å². The number of hydrogen-bond acceptors (Lipinski definition) is 4. The smallest absolute Gasteiger partial charge is 0.265 e. The summed E-state index contributed by atoms with van der Waals surface area (Å²) in [5, 5.41) is 19.6. The van der Waals surface area contributed by atoms with E-state index in [9.17, 15) is 27.8 Å². The zero-order valence-electron chi connectivity index (χ0n) is 12.9. The fourth-order valence-electron chi connectivity index (χ4n) is 2.23.